The second-order valence-corrected chi connectivity index (χ2v) is 6.94. The van der Waals surface area contributed by atoms with Crippen molar-refractivity contribution in [3.05, 3.63) is 51.9 Å². The lowest BCUT2D eigenvalue weighted by molar-refractivity contribution is 0.589. The zero-order valence-electron chi connectivity index (χ0n) is 11.1. The zero-order chi connectivity index (χ0) is 15.6. The number of sulfonamides is 1. The third-order valence-corrected chi connectivity index (χ3v) is 4.80. The maximum absolute atomic E-state index is 13.8. The molecule has 21 heavy (non-hydrogen) atoms. The van der Waals surface area contributed by atoms with Crippen LogP contribution >= 0.6 is 15.9 Å². The highest BCUT2D eigenvalue weighted by atomic mass is 79.9. The molecule has 5 nitrogen and oxygen atoms in total. The van der Waals surface area contributed by atoms with Crippen LogP contribution in [-0.2, 0) is 16.6 Å². The van der Waals surface area contributed by atoms with E-state index in [9.17, 15) is 12.8 Å². The summed E-state index contributed by atoms with van der Waals surface area (Å²) in [4.78, 5) is 3.78. The first kappa shape index (κ1) is 15.9. The van der Waals surface area contributed by atoms with Crippen LogP contribution in [0.3, 0.4) is 0 Å². The zero-order valence-corrected chi connectivity index (χ0v) is 13.5. The van der Waals surface area contributed by atoms with E-state index in [4.69, 9.17) is 5.73 Å². The van der Waals surface area contributed by atoms with E-state index >= 15 is 0 Å². The summed E-state index contributed by atoms with van der Waals surface area (Å²) >= 11 is 3.21. The molecule has 0 unspecified atom stereocenters. The molecule has 0 radical (unpaired) electrons. The summed E-state index contributed by atoms with van der Waals surface area (Å²) in [7, 11) is -3.94. The normalized spacial score (nSPS) is 11.4. The van der Waals surface area contributed by atoms with Crippen LogP contribution in [0, 0.1) is 12.7 Å². The van der Waals surface area contributed by atoms with Crippen LogP contribution in [0.25, 0.3) is 0 Å². The predicted molar refractivity (Wildman–Crippen MR) is 81.8 cm³/mol. The number of nitrogens with one attached hydrogen (secondary N) is 1. The van der Waals surface area contributed by atoms with Crippen LogP contribution in [0.5, 0.6) is 0 Å². The Morgan fingerprint density at radius 1 is 1.38 bits per heavy atom. The van der Waals surface area contributed by atoms with E-state index < -0.39 is 15.8 Å². The molecule has 0 spiro atoms. The highest BCUT2D eigenvalue weighted by Crippen LogP contribution is 2.23. The fourth-order valence-corrected chi connectivity index (χ4v) is 3.28. The molecular formula is C13H13BrFN3O2S. The molecule has 0 fully saturated rings. The number of nitrogens with two attached hydrogens (primary N) is 1. The number of nitrogens with zero attached hydrogens (tertiary/aromatic N) is 1. The maximum Gasteiger partial charge on any atom is 0.263 e. The molecule has 2 rings (SSSR count). The van der Waals surface area contributed by atoms with E-state index in [2.05, 4.69) is 25.6 Å². The van der Waals surface area contributed by atoms with Gasteiger partial charge >= 0.3 is 0 Å². The number of hydrogen-bond donors (Lipinski definition) is 2. The third kappa shape index (κ3) is 3.58. The van der Waals surface area contributed by atoms with E-state index in [1.54, 1.807) is 6.07 Å². The van der Waals surface area contributed by atoms with Crippen molar-refractivity contribution < 1.29 is 12.8 Å². The summed E-state index contributed by atoms with van der Waals surface area (Å²) in [5, 5.41) is 0. The van der Waals surface area contributed by atoms with Gasteiger partial charge in [-0.3, -0.25) is 4.72 Å². The van der Waals surface area contributed by atoms with Crippen molar-refractivity contribution in [1.29, 1.82) is 0 Å². The molecule has 1 aromatic heterocycles. The number of benzene rings is 1. The van der Waals surface area contributed by atoms with Gasteiger partial charge < -0.3 is 5.73 Å². The van der Waals surface area contributed by atoms with Crippen LogP contribution in [-0.4, -0.2) is 13.4 Å². The minimum absolute atomic E-state index is 0.0387. The highest BCUT2D eigenvalue weighted by Gasteiger charge is 2.20. The number of hydrogen-bond acceptors (Lipinski definition) is 4. The third-order valence-electron chi connectivity index (χ3n) is 2.85. The largest absolute Gasteiger partial charge is 0.326 e. The second kappa shape index (κ2) is 6.08. The van der Waals surface area contributed by atoms with E-state index in [-0.39, 0.29) is 22.8 Å². The van der Waals surface area contributed by atoms with E-state index in [0.717, 1.165) is 4.47 Å². The van der Waals surface area contributed by atoms with Gasteiger partial charge in [-0.1, -0.05) is 0 Å². The van der Waals surface area contributed by atoms with Crippen molar-refractivity contribution in [2.24, 2.45) is 5.73 Å². The average molecular weight is 374 g/mol. The molecule has 3 N–H and O–H groups in total. The SMILES string of the molecule is Cc1c(F)cc(CN)cc1S(=O)(=O)Nc1ccc(Br)cn1. The summed E-state index contributed by atoms with van der Waals surface area (Å²) in [6, 6.07) is 5.74. The lowest BCUT2D eigenvalue weighted by Crippen LogP contribution is -2.16. The molecule has 0 saturated carbocycles. The molecular weight excluding hydrogens is 361 g/mol. The Hall–Kier alpha value is -1.51. The Kier molecular flexibility index (Phi) is 4.60. The average Bonchev–Trinajstić information content (AvgIpc) is 2.43. The van der Waals surface area contributed by atoms with Crippen LogP contribution in [0.2, 0.25) is 0 Å². The smallest absolute Gasteiger partial charge is 0.263 e. The maximum atomic E-state index is 13.8. The standard InChI is InChI=1S/C13H13BrFN3O2S/c1-8-11(15)4-9(6-16)5-12(8)21(19,20)18-13-3-2-10(14)7-17-13/h2-5,7H,6,16H2,1H3,(H,17,18). The Balaban J connectivity index is 2.44. The van der Waals surface area contributed by atoms with Gasteiger partial charge in [-0.25, -0.2) is 17.8 Å². The van der Waals surface area contributed by atoms with E-state index in [0.29, 0.717) is 5.56 Å². The van der Waals surface area contributed by atoms with Gasteiger partial charge in [-0.2, -0.15) is 0 Å². The Morgan fingerprint density at radius 2 is 2.10 bits per heavy atom. The topological polar surface area (TPSA) is 85.1 Å². The van der Waals surface area contributed by atoms with Crippen molar-refractivity contribution >= 4 is 31.8 Å². The molecule has 0 aliphatic carbocycles. The van der Waals surface area contributed by atoms with Gasteiger partial charge in [0.2, 0.25) is 0 Å². The molecule has 0 bridgehead atoms. The molecule has 0 aliphatic heterocycles. The molecule has 0 aliphatic rings. The first-order chi connectivity index (χ1) is 9.83. The molecule has 112 valence electrons. The van der Waals surface area contributed by atoms with Gasteiger partial charge in [-0.05, 0) is 52.7 Å². The Labute approximate surface area is 130 Å². The monoisotopic (exact) mass is 373 g/mol. The highest BCUT2D eigenvalue weighted by molar-refractivity contribution is 9.10. The lowest BCUT2D eigenvalue weighted by atomic mass is 10.1. The van der Waals surface area contributed by atoms with E-state index in [1.807, 2.05) is 0 Å². The summed E-state index contributed by atoms with van der Waals surface area (Å²) in [5.74, 6) is -0.460. The Morgan fingerprint density at radius 3 is 2.67 bits per heavy atom. The number of rotatable bonds is 4. The molecule has 0 saturated heterocycles. The van der Waals surface area contributed by atoms with Crippen molar-refractivity contribution in [3.8, 4) is 0 Å². The van der Waals surface area contributed by atoms with Gasteiger partial charge in [0.25, 0.3) is 10.0 Å². The summed E-state index contributed by atoms with van der Waals surface area (Å²) in [5.41, 5.74) is 5.89. The number of aromatic nitrogens is 1. The van der Waals surface area contributed by atoms with Crippen LogP contribution in [0.15, 0.2) is 39.8 Å². The lowest BCUT2D eigenvalue weighted by Gasteiger charge is -2.12. The molecule has 8 heteroatoms. The quantitative estimate of drug-likeness (QED) is 0.862. The molecule has 1 aromatic carbocycles. The molecule has 2 aromatic rings. The number of pyridine rings is 1. The van der Waals surface area contributed by atoms with Crippen LogP contribution < -0.4 is 10.5 Å². The number of anilines is 1. The van der Waals surface area contributed by atoms with Crippen molar-refractivity contribution in [2.75, 3.05) is 4.72 Å². The minimum Gasteiger partial charge on any atom is -0.326 e. The van der Waals surface area contributed by atoms with Crippen LogP contribution in [0.1, 0.15) is 11.1 Å². The van der Waals surface area contributed by atoms with Crippen molar-refractivity contribution in [2.45, 2.75) is 18.4 Å². The molecule has 0 atom stereocenters. The van der Waals surface area contributed by atoms with Crippen molar-refractivity contribution in [1.82, 2.24) is 4.98 Å². The van der Waals surface area contributed by atoms with E-state index in [1.165, 1.54) is 31.3 Å². The fraction of sp³-hybridized carbons (Fsp3) is 0.154. The molecule has 0 amide bonds. The number of halogens is 2. The summed E-state index contributed by atoms with van der Waals surface area (Å²) < 4.78 is 41.5. The van der Waals surface area contributed by atoms with Gasteiger partial charge in [0.1, 0.15) is 11.6 Å². The van der Waals surface area contributed by atoms with Gasteiger partial charge in [0.05, 0.1) is 4.90 Å². The fourth-order valence-electron chi connectivity index (χ4n) is 1.73. The first-order valence-corrected chi connectivity index (χ1v) is 8.24. The first-order valence-electron chi connectivity index (χ1n) is 5.97. The Bertz CT molecular complexity index is 764. The van der Waals surface area contributed by atoms with Gasteiger partial charge in [-0.15, -0.1) is 0 Å². The van der Waals surface area contributed by atoms with Crippen molar-refractivity contribution in [3.63, 3.8) is 0 Å². The summed E-state index contributed by atoms with van der Waals surface area (Å²) in [6.07, 6.45) is 1.46. The van der Waals surface area contributed by atoms with Gasteiger partial charge in [0.15, 0.2) is 0 Å². The summed E-state index contributed by atoms with van der Waals surface area (Å²) in [6.45, 7) is 1.45. The van der Waals surface area contributed by atoms with Gasteiger partial charge in [0, 0.05) is 22.8 Å². The molecule has 1 heterocycles. The second-order valence-electron chi connectivity index (χ2n) is 4.37. The minimum atomic E-state index is -3.94. The van der Waals surface area contributed by atoms with Crippen LogP contribution in [0.4, 0.5) is 10.2 Å². The predicted octanol–water partition coefficient (Wildman–Crippen LogP) is 2.55.